The number of nitrogens with zero attached hydrogens (tertiary/aromatic N) is 2. The summed E-state index contributed by atoms with van der Waals surface area (Å²) in [7, 11) is 3.94. The maximum Gasteiger partial charge on any atom is 0.319 e. The number of nitrogens with two attached hydrogens (primary N) is 1. The van der Waals surface area contributed by atoms with Gasteiger partial charge in [-0.2, -0.15) is 0 Å². The number of carbonyl (C=O) groups is 2. The highest BCUT2D eigenvalue weighted by molar-refractivity contribution is 6.05. The number of nitrogens with one attached hydrogen (secondary N) is 3. The van der Waals surface area contributed by atoms with Gasteiger partial charge >= 0.3 is 6.03 Å². The molecule has 4 rings (SSSR count). The largest absolute Gasteiger partial charge is 0.397 e. The van der Waals surface area contributed by atoms with Crippen molar-refractivity contribution in [2.45, 2.75) is 12.5 Å². The molecular weight excluding hydrogens is 480 g/mol. The van der Waals surface area contributed by atoms with Crippen LogP contribution in [0.3, 0.4) is 0 Å². The zero-order valence-corrected chi connectivity index (χ0v) is 21.9. The summed E-state index contributed by atoms with van der Waals surface area (Å²) in [5, 5.41) is 8.90. The number of para-hydroxylation sites is 2. The average Bonchev–Trinajstić information content (AvgIpc) is 2.93. The molecule has 9 heteroatoms. The Hall–Kier alpha value is -4.08. The molecule has 5 N–H and O–H groups in total. The van der Waals surface area contributed by atoms with Crippen molar-refractivity contribution in [1.29, 1.82) is 0 Å². The minimum Gasteiger partial charge on any atom is -0.397 e. The number of urea groups is 1. The summed E-state index contributed by atoms with van der Waals surface area (Å²) in [5.41, 5.74) is 10.2. The van der Waals surface area contributed by atoms with E-state index in [1.807, 2.05) is 67.5 Å². The smallest absolute Gasteiger partial charge is 0.319 e. The molecule has 1 heterocycles. The molecule has 200 valence electrons. The molecule has 38 heavy (non-hydrogen) atoms. The monoisotopic (exact) mass is 516 g/mol. The summed E-state index contributed by atoms with van der Waals surface area (Å²) in [6.07, 6.45) is 0.721. The fourth-order valence-corrected chi connectivity index (χ4v) is 4.30. The third kappa shape index (κ3) is 7.47. The summed E-state index contributed by atoms with van der Waals surface area (Å²) in [6, 6.07) is 21.6. The number of benzene rings is 3. The van der Waals surface area contributed by atoms with E-state index in [1.54, 1.807) is 24.3 Å². The molecule has 1 aliphatic heterocycles. The van der Waals surface area contributed by atoms with Crippen molar-refractivity contribution >= 4 is 34.7 Å². The third-order valence-corrected chi connectivity index (χ3v) is 6.57. The normalized spacial score (nSPS) is 14.4. The zero-order valence-electron chi connectivity index (χ0n) is 21.9. The van der Waals surface area contributed by atoms with Gasteiger partial charge in [-0.05, 0) is 60.5 Å². The highest BCUT2D eigenvalue weighted by Crippen LogP contribution is 2.22. The first-order chi connectivity index (χ1) is 18.4. The number of ether oxygens (including phenoxy) is 1. The minimum atomic E-state index is -0.282. The molecule has 0 aromatic heterocycles. The van der Waals surface area contributed by atoms with Crippen molar-refractivity contribution in [3.63, 3.8) is 0 Å². The van der Waals surface area contributed by atoms with E-state index in [1.165, 1.54) is 0 Å². The molecule has 0 spiro atoms. The van der Waals surface area contributed by atoms with Gasteiger partial charge in [0.05, 0.1) is 30.6 Å². The van der Waals surface area contributed by atoms with Crippen LogP contribution < -0.4 is 26.6 Å². The van der Waals surface area contributed by atoms with Crippen molar-refractivity contribution in [3.05, 3.63) is 83.9 Å². The number of anilines is 4. The molecule has 3 aromatic carbocycles. The average molecular weight is 517 g/mol. The maximum absolute atomic E-state index is 12.9. The van der Waals surface area contributed by atoms with Gasteiger partial charge in [-0.1, -0.05) is 24.3 Å². The number of carbonyl (C=O) groups excluding carboxylic acids is 2. The number of amides is 3. The molecule has 1 saturated heterocycles. The Bertz CT molecular complexity index is 1210. The summed E-state index contributed by atoms with van der Waals surface area (Å²) < 4.78 is 5.46. The second kappa shape index (κ2) is 12.9. The van der Waals surface area contributed by atoms with Gasteiger partial charge in [-0.3, -0.25) is 9.69 Å². The van der Waals surface area contributed by atoms with Crippen LogP contribution in [-0.4, -0.2) is 63.8 Å². The zero-order chi connectivity index (χ0) is 26.9. The van der Waals surface area contributed by atoms with Crippen LogP contribution in [-0.2, 0) is 4.74 Å². The van der Waals surface area contributed by atoms with Gasteiger partial charge in [0.1, 0.15) is 0 Å². The molecule has 1 unspecified atom stereocenters. The van der Waals surface area contributed by atoms with Crippen molar-refractivity contribution in [3.8, 4) is 0 Å². The predicted octanol–water partition coefficient (Wildman–Crippen LogP) is 4.17. The topological polar surface area (TPSA) is 112 Å². The fraction of sp³-hybridized carbons (Fsp3) is 0.310. The maximum atomic E-state index is 12.9. The van der Waals surface area contributed by atoms with Crippen LogP contribution in [0.2, 0.25) is 0 Å². The Labute approximate surface area is 223 Å². The van der Waals surface area contributed by atoms with Gasteiger partial charge in [0.25, 0.3) is 5.91 Å². The van der Waals surface area contributed by atoms with Crippen molar-refractivity contribution in [2.24, 2.45) is 0 Å². The van der Waals surface area contributed by atoms with Crippen LogP contribution >= 0.6 is 0 Å². The number of hydrogen-bond donors (Lipinski definition) is 4. The summed E-state index contributed by atoms with van der Waals surface area (Å²) in [6.45, 7) is 4.01. The summed E-state index contributed by atoms with van der Waals surface area (Å²) >= 11 is 0. The number of morpholine rings is 1. The Balaban J connectivity index is 1.43. The Morgan fingerprint density at radius 3 is 2.29 bits per heavy atom. The number of hydrogen-bond acceptors (Lipinski definition) is 6. The molecule has 1 atom stereocenters. The highest BCUT2D eigenvalue weighted by Gasteiger charge is 2.19. The van der Waals surface area contributed by atoms with E-state index in [9.17, 15) is 9.59 Å². The molecule has 0 radical (unpaired) electrons. The molecule has 0 saturated carbocycles. The number of rotatable bonds is 9. The Morgan fingerprint density at radius 1 is 0.947 bits per heavy atom. The Morgan fingerprint density at radius 2 is 1.63 bits per heavy atom. The van der Waals surface area contributed by atoms with E-state index < -0.39 is 0 Å². The fourth-order valence-electron chi connectivity index (χ4n) is 4.30. The van der Waals surface area contributed by atoms with Gasteiger partial charge in [-0.15, -0.1) is 0 Å². The SMILES string of the molecule is CN(C)c1ccc(NC(=O)NC(CCN2CCOCC2)c2ccc(C(=O)Nc3ccccc3N)cc2)cc1. The third-order valence-electron chi connectivity index (χ3n) is 6.57. The molecular formula is C29H36N6O3. The standard InChI is InChI=1S/C29H36N6O3/c1-34(2)24-13-11-23(12-14-24)31-29(37)33-26(15-16-35-17-19-38-20-18-35)21-7-9-22(10-8-21)28(36)32-27-6-4-3-5-25(27)30/h3-14,26H,15-20,30H2,1-2H3,(H,32,36)(H2,31,33,37). The van der Waals surface area contributed by atoms with Crippen molar-refractivity contribution in [2.75, 3.05) is 68.2 Å². The molecule has 1 aliphatic rings. The van der Waals surface area contributed by atoms with Gasteiger partial charge in [0, 0.05) is 50.7 Å². The van der Waals surface area contributed by atoms with Crippen molar-refractivity contribution < 1.29 is 14.3 Å². The van der Waals surface area contributed by atoms with Gasteiger partial charge in [-0.25, -0.2) is 4.79 Å². The molecule has 9 nitrogen and oxygen atoms in total. The molecule has 3 aromatic rings. The first-order valence-corrected chi connectivity index (χ1v) is 12.8. The van der Waals surface area contributed by atoms with Crippen LogP contribution in [0, 0.1) is 0 Å². The number of nitrogen functional groups attached to an aromatic ring is 1. The van der Waals surface area contributed by atoms with E-state index in [4.69, 9.17) is 10.5 Å². The lowest BCUT2D eigenvalue weighted by molar-refractivity contribution is 0.0363. The predicted molar refractivity (Wildman–Crippen MR) is 153 cm³/mol. The lowest BCUT2D eigenvalue weighted by Gasteiger charge is -2.29. The van der Waals surface area contributed by atoms with E-state index in [0.29, 0.717) is 22.6 Å². The van der Waals surface area contributed by atoms with E-state index >= 15 is 0 Å². The minimum absolute atomic E-state index is 0.235. The Kier molecular flexibility index (Phi) is 9.18. The molecule has 3 amide bonds. The van der Waals surface area contributed by atoms with E-state index in [-0.39, 0.29) is 18.0 Å². The van der Waals surface area contributed by atoms with Crippen LogP contribution in [0.5, 0.6) is 0 Å². The first-order valence-electron chi connectivity index (χ1n) is 12.8. The van der Waals surface area contributed by atoms with Crippen LogP contribution in [0.4, 0.5) is 27.5 Å². The van der Waals surface area contributed by atoms with Crippen molar-refractivity contribution in [1.82, 2.24) is 10.2 Å². The highest BCUT2D eigenvalue weighted by atomic mass is 16.5. The summed E-state index contributed by atoms with van der Waals surface area (Å²) in [4.78, 5) is 30.0. The lowest BCUT2D eigenvalue weighted by Crippen LogP contribution is -2.39. The molecule has 0 aliphatic carbocycles. The first kappa shape index (κ1) is 27.0. The van der Waals surface area contributed by atoms with Gasteiger partial charge < -0.3 is 31.3 Å². The molecule has 1 fully saturated rings. The van der Waals surface area contributed by atoms with E-state index in [2.05, 4.69) is 20.9 Å². The van der Waals surface area contributed by atoms with Gasteiger partial charge in [0.15, 0.2) is 0 Å². The second-order valence-corrected chi connectivity index (χ2v) is 9.50. The second-order valence-electron chi connectivity index (χ2n) is 9.50. The van der Waals surface area contributed by atoms with Gasteiger partial charge in [0.2, 0.25) is 0 Å². The van der Waals surface area contributed by atoms with Crippen LogP contribution in [0.25, 0.3) is 0 Å². The van der Waals surface area contributed by atoms with E-state index in [0.717, 1.165) is 50.5 Å². The van der Waals surface area contributed by atoms with Crippen LogP contribution in [0.15, 0.2) is 72.8 Å². The summed E-state index contributed by atoms with van der Waals surface area (Å²) in [5.74, 6) is -0.244. The molecule has 0 bridgehead atoms. The quantitative estimate of drug-likeness (QED) is 0.318. The lowest BCUT2D eigenvalue weighted by atomic mass is 10.0. The van der Waals surface area contributed by atoms with Crippen LogP contribution in [0.1, 0.15) is 28.4 Å².